The number of anilines is 2. The molecule has 1 N–H and O–H groups in total. The first kappa shape index (κ1) is 12.9. The van der Waals surface area contributed by atoms with Crippen molar-refractivity contribution >= 4 is 22.3 Å². The van der Waals surface area contributed by atoms with E-state index in [1.165, 1.54) is 0 Å². The highest BCUT2D eigenvalue weighted by molar-refractivity contribution is 5.94. The molecule has 1 aromatic heterocycles. The van der Waals surface area contributed by atoms with Gasteiger partial charge >= 0.3 is 0 Å². The minimum absolute atomic E-state index is 0.573. The van der Waals surface area contributed by atoms with Crippen LogP contribution in [0.2, 0.25) is 0 Å². The van der Waals surface area contributed by atoms with Crippen LogP contribution in [0.5, 0.6) is 11.5 Å². The molecular formula is C17H15N3O2. The number of hydrogen-bond acceptors (Lipinski definition) is 5. The number of aryl methyl sites for hydroxylation is 1. The third-order valence-corrected chi connectivity index (χ3v) is 3.68. The summed E-state index contributed by atoms with van der Waals surface area (Å²) in [5, 5.41) is 14.0. The lowest BCUT2D eigenvalue weighted by molar-refractivity contribution is 0.171. The van der Waals surface area contributed by atoms with E-state index in [9.17, 15) is 0 Å². The molecule has 22 heavy (non-hydrogen) atoms. The smallest absolute Gasteiger partial charge is 0.163 e. The van der Waals surface area contributed by atoms with E-state index in [1.807, 2.05) is 49.4 Å². The molecule has 0 radical (unpaired) electrons. The van der Waals surface area contributed by atoms with Crippen LogP contribution in [-0.4, -0.2) is 23.4 Å². The summed E-state index contributed by atoms with van der Waals surface area (Å²) in [6.45, 7) is 3.13. The van der Waals surface area contributed by atoms with Gasteiger partial charge in [-0.05, 0) is 19.1 Å². The van der Waals surface area contributed by atoms with Crippen molar-refractivity contribution in [2.24, 2.45) is 0 Å². The van der Waals surface area contributed by atoms with Crippen molar-refractivity contribution in [2.75, 3.05) is 18.5 Å². The predicted octanol–water partition coefficient (Wildman–Crippen LogP) is 3.45. The average molecular weight is 293 g/mol. The Morgan fingerprint density at radius 1 is 0.909 bits per heavy atom. The lowest BCUT2D eigenvalue weighted by Crippen LogP contribution is -2.15. The Hall–Kier alpha value is -2.82. The van der Waals surface area contributed by atoms with Gasteiger partial charge in [-0.1, -0.05) is 24.3 Å². The topological polar surface area (TPSA) is 56.3 Å². The fraction of sp³-hybridized carbons (Fsp3) is 0.176. The number of ether oxygens (including phenoxy) is 2. The first-order chi connectivity index (χ1) is 10.8. The highest BCUT2D eigenvalue weighted by Crippen LogP contribution is 2.34. The number of benzene rings is 2. The molecule has 4 rings (SSSR count). The van der Waals surface area contributed by atoms with E-state index in [-0.39, 0.29) is 0 Å². The van der Waals surface area contributed by atoms with E-state index in [1.54, 1.807) is 0 Å². The van der Waals surface area contributed by atoms with Gasteiger partial charge < -0.3 is 14.8 Å². The molecule has 0 spiro atoms. The molecule has 110 valence electrons. The Kier molecular flexibility index (Phi) is 3.04. The van der Waals surface area contributed by atoms with E-state index < -0.39 is 0 Å². The zero-order chi connectivity index (χ0) is 14.9. The zero-order valence-electron chi connectivity index (χ0n) is 12.2. The molecule has 3 aromatic rings. The monoisotopic (exact) mass is 293 g/mol. The van der Waals surface area contributed by atoms with Crippen LogP contribution in [0.15, 0.2) is 42.5 Å². The Labute approximate surface area is 127 Å². The molecule has 0 aliphatic carbocycles. The van der Waals surface area contributed by atoms with Gasteiger partial charge in [-0.2, -0.15) is 5.10 Å². The second kappa shape index (κ2) is 5.18. The van der Waals surface area contributed by atoms with Gasteiger partial charge in [0.25, 0.3) is 0 Å². The van der Waals surface area contributed by atoms with E-state index in [4.69, 9.17) is 9.47 Å². The molecule has 2 aromatic carbocycles. The number of nitrogens with zero attached hydrogens (tertiary/aromatic N) is 2. The summed E-state index contributed by atoms with van der Waals surface area (Å²) in [7, 11) is 0. The molecule has 0 saturated heterocycles. The van der Waals surface area contributed by atoms with Gasteiger partial charge in [-0.25, -0.2) is 0 Å². The first-order valence-electron chi connectivity index (χ1n) is 7.20. The third-order valence-electron chi connectivity index (χ3n) is 3.68. The van der Waals surface area contributed by atoms with E-state index >= 15 is 0 Å². The maximum Gasteiger partial charge on any atom is 0.163 e. The lowest BCUT2D eigenvalue weighted by Gasteiger charge is -2.19. The molecule has 0 saturated carbocycles. The summed E-state index contributed by atoms with van der Waals surface area (Å²) in [5.74, 6) is 2.26. The molecule has 2 heterocycles. The maximum atomic E-state index is 5.61. The number of rotatable bonds is 2. The maximum absolute atomic E-state index is 5.61. The van der Waals surface area contributed by atoms with Gasteiger partial charge in [0.1, 0.15) is 13.2 Å². The summed E-state index contributed by atoms with van der Waals surface area (Å²) in [5.41, 5.74) is 1.82. The van der Waals surface area contributed by atoms with Crippen molar-refractivity contribution in [3.8, 4) is 11.5 Å². The highest BCUT2D eigenvalue weighted by Gasteiger charge is 2.13. The molecule has 0 amide bonds. The normalized spacial score (nSPS) is 13.1. The molecule has 0 bridgehead atoms. The van der Waals surface area contributed by atoms with E-state index in [0.29, 0.717) is 13.2 Å². The minimum atomic E-state index is 0.573. The minimum Gasteiger partial charge on any atom is -0.486 e. The summed E-state index contributed by atoms with van der Waals surface area (Å²) in [6.07, 6.45) is 0. The van der Waals surface area contributed by atoms with Crippen molar-refractivity contribution in [3.63, 3.8) is 0 Å². The van der Waals surface area contributed by atoms with Crippen LogP contribution >= 0.6 is 0 Å². The molecule has 1 aliphatic heterocycles. The van der Waals surface area contributed by atoms with Gasteiger partial charge in [-0.15, -0.1) is 5.10 Å². The van der Waals surface area contributed by atoms with Crippen LogP contribution < -0.4 is 14.8 Å². The van der Waals surface area contributed by atoms with Gasteiger partial charge in [0.15, 0.2) is 17.3 Å². The van der Waals surface area contributed by atoms with Gasteiger partial charge in [0.2, 0.25) is 0 Å². The first-order valence-corrected chi connectivity index (χ1v) is 7.20. The van der Waals surface area contributed by atoms with Crippen LogP contribution in [0.4, 0.5) is 11.5 Å². The van der Waals surface area contributed by atoms with Crippen LogP contribution in [-0.2, 0) is 0 Å². The summed E-state index contributed by atoms with van der Waals surface area (Å²) in [6, 6.07) is 13.9. The zero-order valence-corrected chi connectivity index (χ0v) is 12.2. The third kappa shape index (κ3) is 2.20. The molecule has 5 nitrogen and oxygen atoms in total. The highest BCUT2D eigenvalue weighted by atomic mass is 16.6. The Bertz CT molecular complexity index is 848. The van der Waals surface area contributed by atoms with Crippen molar-refractivity contribution in [3.05, 3.63) is 48.2 Å². The van der Waals surface area contributed by atoms with Crippen LogP contribution in [0.25, 0.3) is 10.8 Å². The number of aromatic nitrogens is 2. The predicted molar refractivity (Wildman–Crippen MR) is 85.0 cm³/mol. The second-order valence-electron chi connectivity index (χ2n) is 5.16. The average Bonchev–Trinajstić information content (AvgIpc) is 2.58. The molecular weight excluding hydrogens is 278 g/mol. The molecule has 5 heteroatoms. The molecule has 0 unspecified atom stereocenters. The Morgan fingerprint density at radius 2 is 1.68 bits per heavy atom. The van der Waals surface area contributed by atoms with Gasteiger partial charge in [0.05, 0.1) is 5.69 Å². The van der Waals surface area contributed by atoms with Gasteiger partial charge in [0, 0.05) is 22.5 Å². The van der Waals surface area contributed by atoms with Crippen LogP contribution in [0, 0.1) is 6.92 Å². The number of fused-ring (bicyclic) bond motifs is 2. The fourth-order valence-electron chi connectivity index (χ4n) is 2.59. The molecule has 1 aliphatic rings. The quantitative estimate of drug-likeness (QED) is 0.784. The number of hydrogen-bond donors (Lipinski definition) is 1. The van der Waals surface area contributed by atoms with Crippen molar-refractivity contribution < 1.29 is 9.47 Å². The SMILES string of the molecule is Cc1nnc(Nc2ccc3c(c2)OCCO3)c2ccccc12. The fourth-order valence-corrected chi connectivity index (χ4v) is 2.59. The van der Waals surface area contributed by atoms with Crippen LogP contribution in [0.3, 0.4) is 0 Å². The summed E-state index contributed by atoms with van der Waals surface area (Å²) >= 11 is 0. The van der Waals surface area contributed by atoms with Gasteiger partial charge in [-0.3, -0.25) is 0 Å². The largest absolute Gasteiger partial charge is 0.486 e. The summed E-state index contributed by atoms with van der Waals surface area (Å²) < 4.78 is 11.1. The Balaban J connectivity index is 1.73. The lowest BCUT2D eigenvalue weighted by atomic mass is 10.1. The van der Waals surface area contributed by atoms with Crippen molar-refractivity contribution in [1.29, 1.82) is 0 Å². The van der Waals surface area contributed by atoms with Crippen molar-refractivity contribution in [1.82, 2.24) is 10.2 Å². The van der Waals surface area contributed by atoms with E-state index in [0.717, 1.165) is 39.5 Å². The van der Waals surface area contributed by atoms with Crippen LogP contribution in [0.1, 0.15) is 5.69 Å². The standard InChI is InChI=1S/C17H15N3O2/c1-11-13-4-2-3-5-14(13)17(20-19-11)18-12-6-7-15-16(10-12)22-9-8-21-15/h2-7,10H,8-9H2,1H3,(H,18,20). The Morgan fingerprint density at radius 3 is 2.55 bits per heavy atom. The number of nitrogens with one attached hydrogen (secondary N) is 1. The molecule has 0 fully saturated rings. The molecule has 0 atom stereocenters. The second-order valence-corrected chi connectivity index (χ2v) is 5.16. The van der Waals surface area contributed by atoms with E-state index in [2.05, 4.69) is 15.5 Å². The van der Waals surface area contributed by atoms with Crippen molar-refractivity contribution in [2.45, 2.75) is 6.92 Å². The summed E-state index contributed by atoms with van der Waals surface area (Å²) in [4.78, 5) is 0.